The van der Waals surface area contributed by atoms with Gasteiger partial charge in [0.2, 0.25) is 29.9 Å². The molecule has 0 fully saturated rings. The van der Waals surface area contributed by atoms with Crippen LogP contribution in [-0.4, -0.2) is 38.3 Å². The fraction of sp³-hybridized carbons (Fsp3) is 0.429. The Morgan fingerprint density at radius 2 is 1.12 bits per heavy atom. The lowest BCUT2D eigenvalue weighted by atomic mass is 9.93. The van der Waals surface area contributed by atoms with Gasteiger partial charge in [-0.3, -0.25) is 0 Å². The molecule has 0 radical (unpaired) electrons. The molecule has 0 atom stereocenters. The van der Waals surface area contributed by atoms with Crippen molar-refractivity contribution in [2.45, 2.75) is 75.0 Å². The van der Waals surface area contributed by atoms with Crippen molar-refractivity contribution in [2.24, 2.45) is 0 Å². The summed E-state index contributed by atoms with van der Waals surface area (Å²) >= 11 is 0. The van der Waals surface area contributed by atoms with E-state index in [2.05, 4.69) is 9.44 Å². The van der Waals surface area contributed by atoms with Crippen molar-refractivity contribution in [2.75, 3.05) is 13.1 Å². The molecule has 0 spiro atoms. The molecule has 0 saturated carbocycles. The Hall–Kier alpha value is -2.51. The van der Waals surface area contributed by atoms with Crippen LogP contribution in [0.5, 0.6) is 0 Å². The number of aryl methyl sites for hydroxylation is 2. The van der Waals surface area contributed by atoms with Gasteiger partial charge in [0.25, 0.3) is 0 Å². The van der Waals surface area contributed by atoms with Crippen molar-refractivity contribution >= 4 is 41.4 Å². The molecule has 12 heteroatoms. The second-order valence-electron chi connectivity index (χ2n) is 10.3. The van der Waals surface area contributed by atoms with Gasteiger partial charge in [0.05, 0.1) is 19.6 Å². The summed E-state index contributed by atoms with van der Waals surface area (Å²) in [6, 6.07) is 9.41. The molecule has 2 aromatic carbocycles. The van der Waals surface area contributed by atoms with Gasteiger partial charge in [0.1, 0.15) is 11.5 Å². The number of nitrogens with one attached hydrogen (secondary N) is 2. The van der Waals surface area contributed by atoms with E-state index in [1.54, 1.807) is 12.1 Å². The zero-order valence-corrected chi connectivity index (χ0v) is 25.1. The zero-order valence-electron chi connectivity index (χ0n) is 22.6. The van der Waals surface area contributed by atoms with E-state index in [1.165, 1.54) is 24.3 Å². The molecule has 0 aromatic heterocycles. The van der Waals surface area contributed by atoms with Crippen molar-refractivity contribution in [1.29, 1.82) is 0 Å². The second-order valence-corrected chi connectivity index (χ2v) is 15.8. The van der Waals surface area contributed by atoms with Crippen LogP contribution < -0.4 is 9.44 Å². The Labute approximate surface area is 236 Å². The molecular weight excluding hydrogens is 573 g/mol. The van der Waals surface area contributed by atoms with Crippen LogP contribution in [0.25, 0.3) is 11.5 Å². The van der Waals surface area contributed by atoms with Crippen LogP contribution in [0.2, 0.25) is 0 Å². The molecule has 5 rings (SSSR count). The third kappa shape index (κ3) is 5.27. The number of benzene rings is 2. The quantitative estimate of drug-likeness (QED) is 0.387. The van der Waals surface area contributed by atoms with Crippen LogP contribution >= 0.6 is 0 Å². The van der Waals surface area contributed by atoms with Crippen LogP contribution in [0.4, 0.5) is 0 Å². The maximum atomic E-state index is 13.9. The monoisotopic (exact) mass is 606 g/mol. The van der Waals surface area contributed by atoms with Gasteiger partial charge in [-0.15, -0.1) is 0 Å². The van der Waals surface area contributed by atoms with Crippen molar-refractivity contribution < 1.29 is 30.0 Å². The van der Waals surface area contributed by atoms with Crippen LogP contribution in [-0.2, 0) is 47.5 Å². The Bertz CT molecular complexity index is 1620. The highest BCUT2D eigenvalue weighted by Gasteiger charge is 2.41. The number of allylic oxidation sites excluding steroid dienone is 2. The number of rotatable bonds is 10. The van der Waals surface area contributed by atoms with E-state index in [-0.39, 0.29) is 44.0 Å². The molecule has 3 aliphatic rings. The lowest BCUT2D eigenvalue weighted by molar-refractivity contribution is 0.450. The summed E-state index contributed by atoms with van der Waals surface area (Å²) < 4.78 is 91.0. The summed E-state index contributed by atoms with van der Waals surface area (Å²) in [5.74, 6) is 0.237. The fourth-order valence-electron chi connectivity index (χ4n) is 5.25. The molecule has 0 amide bonds. The van der Waals surface area contributed by atoms with Gasteiger partial charge in [0, 0.05) is 24.2 Å². The number of hydrogen-bond donors (Lipinski definition) is 2. The molecule has 2 aromatic rings. The molecule has 0 bridgehead atoms. The number of unbranched alkanes of at least 4 members (excludes halogenated alkanes) is 2. The van der Waals surface area contributed by atoms with E-state index in [9.17, 15) is 25.3 Å². The van der Waals surface area contributed by atoms with Crippen LogP contribution in [0.3, 0.4) is 0 Å². The SMILES string of the molecule is CCCCNS(=O)(=O)c1ccc2c(c1)C1=C(CC2)S(=O)(=O)C2=C(O1)c1cc(S(=O)(=O)NCCCC)ccc1CC2. The van der Waals surface area contributed by atoms with Gasteiger partial charge in [-0.25, -0.2) is 34.7 Å². The topological polar surface area (TPSA) is 136 Å². The number of fused-ring (bicyclic) bond motifs is 4. The summed E-state index contributed by atoms with van der Waals surface area (Å²) in [6.45, 7) is 4.55. The molecule has 1 aliphatic heterocycles. The first kappa shape index (κ1) is 29.0. The van der Waals surface area contributed by atoms with E-state index in [0.717, 1.165) is 24.0 Å². The minimum Gasteiger partial charge on any atom is -0.454 e. The summed E-state index contributed by atoms with van der Waals surface area (Å²) in [4.78, 5) is 0.348. The minimum atomic E-state index is -3.90. The van der Waals surface area contributed by atoms with Crippen molar-refractivity contribution in [1.82, 2.24) is 9.44 Å². The molecule has 2 aliphatic carbocycles. The van der Waals surface area contributed by atoms with E-state index in [1.807, 2.05) is 13.8 Å². The zero-order chi connectivity index (χ0) is 28.7. The summed E-state index contributed by atoms with van der Waals surface area (Å²) in [5, 5.41) is 0. The standard InChI is InChI=1S/C28H34N2O7S3/c1-3-5-15-29-39(33,34)21-11-7-19-9-13-25-27(23(19)17-21)37-28-24-18-22(40(35,36)30-16-6-4-2)12-8-20(24)10-14-26(28)38(25,31)32/h7-8,11-12,17-18,29-30H,3-6,9-10,13-16H2,1-2H3. The van der Waals surface area contributed by atoms with Gasteiger partial charge in [-0.1, -0.05) is 38.8 Å². The third-order valence-electron chi connectivity index (χ3n) is 7.52. The minimum absolute atomic E-state index is 0.0347. The first-order valence-electron chi connectivity index (χ1n) is 13.6. The van der Waals surface area contributed by atoms with Crippen molar-refractivity contribution in [3.63, 3.8) is 0 Å². The van der Waals surface area contributed by atoms with Crippen molar-refractivity contribution in [3.05, 3.63) is 68.5 Å². The number of ether oxygens (including phenoxy) is 1. The van der Waals surface area contributed by atoms with Gasteiger partial charge in [0.15, 0.2) is 0 Å². The summed E-state index contributed by atoms with van der Waals surface area (Å²) in [7, 11) is -11.5. The van der Waals surface area contributed by atoms with E-state index in [0.29, 0.717) is 49.9 Å². The van der Waals surface area contributed by atoms with Crippen LogP contribution in [0, 0.1) is 0 Å². The molecule has 2 N–H and O–H groups in total. The second kappa shape index (κ2) is 11.1. The van der Waals surface area contributed by atoms with E-state index >= 15 is 0 Å². The number of sulfonamides is 2. The van der Waals surface area contributed by atoms with Crippen molar-refractivity contribution in [3.8, 4) is 0 Å². The molecule has 9 nitrogen and oxygen atoms in total. The normalized spacial score (nSPS) is 17.9. The maximum absolute atomic E-state index is 13.9. The van der Waals surface area contributed by atoms with Gasteiger partial charge < -0.3 is 4.74 Å². The van der Waals surface area contributed by atoms with Gasteiger partial charge in [-0.2, -0.15) is 0 Å². The lowest BCUT2D eigenvalue weighted by Crippen LogP contribution is -2.27. The predicted octanol–water partition coefficient (Wildman–Crippen LogP) is 4.22. The highest BCUT2D eigenvalue weighted by Crippen LogP contribution is 2.49. The molecule has 0 unspecified atom stereocenters. The Morgan fingerprint density at radius 3 is 1.52 bits per heavy atom. The Balaban J connectivity index is 1.56. The highest BCUT2D eigenvalue weighted by atomic mass is 32.2. The average Bonchev–Trinajstić information content (AvgIpc) is 2.92. The molecule has 0 saturated heterocycles. The summed E-state index contributed by atoms with van der Waals surface area (Å²) in [6.07, 6.45) is 4.43. The molecule has 216 valence electrons. The Morgan fingerprint density at radius 1 is 0.700 bits per heavy atom. The fourth-order valence-corrected chi connectivity index (χ4v) is 9.28. The first-order chi connectivity index (χ1) is 19.0. The molecule has 40 heavy (non-hydrogen) atoms. The third-order valence-corrected chi connectivity index (χ3v) is 12.5. The Kier molecular flexibility index (Phi) is 8.01. The van der Waals surface area contributed by atoms with Gasteiger partial charge >= 0.3 is 0 Å². The molecule has 1 heterocycles. The molecular formula is C28H34N2O7S3. The first-order valence-corrected chi connectivity index (χ1v) is 18.1. The van der Waals surface area contributed by atoms with Crippen LogP contribution in [0.1, 0.15) is 74.6 Å². The average molecular weight is 607 g/mol. The smallest absolute Gasteiger partial charge is 0.240 e. The highest BCUT2D eigenvalue weighted by molar-refractivity contribution is 7.99. The number of hydrogen-bond acceptors (Lipinski definition) is 7. The predicted molar refractivity (Wildman–Crippen MR) is 154 cm³/mol. The van der Waals surface area contributed by atoms with E-state index in [4.69, 9.17) is 4.74 Å². The number of sulfone groups is 1. The maximum Gasteiger partial charge on any atom is 0.240 e. The summed E-state index contributed by atoms with van der Waals surface area (Å²) in [5.41, 5.74) is 2.43. The van der Waals surface area contributed by atoms with E-state index < -0.39 is 29.9 Å². The lowest BCUT2D eigenvalue weighted by Gasteiger charge is -2.33. The largest absolute Gasteiger partial charge is 0.454 e. The van der Waals surface area contributed by atoms with Gasteiger partial charge in [-0.05, 0) is 73.9 Å². The van der Waals surface area contributed by atoms with Crippen LogP contribution in [0.15, 0.2) is 56.0 Å².